The van der Waals surface area contributed by atoms with Crippen LogP contribution in [-0.4, -0.2) is 67.3 Å². The predicted molar refractivity (Wildman–Crippen MR) is 125 cm³/mol. The predicted octanol–water partition coefficient (Wildman–Crippen LogP) is 4.35. The van der Waals surface area contributed by atoms with Crippen molar-refractivity contribution >= 4 is 6.09 Å². The standard InChI is InChI=1S/C27H33NO5/c1-31-13-7-6-12-27(30)14-19-16-32-17-20(15-27)28(19)26(29)33-18-25-23-10-4-2-8-21(23)22-9-3-5-11-24(22)25/h2-5,8-11,19-20,25,30H,6-7,12-18H2,1H3. The van der Waals surface area contributed by atoms with Crippen LogP contribution in [0, 0.1) is 0 Å². The van der Waals surface area contributed by atoms with Gasteiger partial charge in [-0.3, -0.25) is 4.90 Å². The fourth-order valence-corrected chi connectivity index (χ4v) is 5.95. The van der Waals surface area contributed by atoms with Crippen molar-refractivity contribution in [1.82, 2.24) is 4.90 Å². The number of rotatable bonds is 7. The van der Waals surface area contributed by atoms with Crippen LogP contribution in [0.15, 0.2) is 48.5 Å². The molecule has 2 unspecified atom stereocenters. The molecular formula is C27H33NO5. The molecular weight excluding hydrogens is 418 g/mol. The highest BCUT2D eigenvalue weighted by atomic mass is 16.6. The van der Waals surface area contributed by atoms with Crippen molar-refractivity contribution in [3.63, 3.8) is 0 Å². The highest BCUT2D eigenvalue weighted by molar-refractivity contribution is 5.79. The zero-order chi connectivity index (χ0) is 22.8. The van der Waals surface area contributed by atoms with Gasteiger partial charge in [-0.25, -0.2) is 4.79 Å². The molecule has 0 radical (unpaired) electrons. The first-order chi connectivity index (χ1) is 16.1. The molecule has 0 aromatic heterocycles. The number of methoxy groups -OCH3 is 1. The van der Waals surface area contributed by atoms with E-state index in [9.17, 15) is 9.90 Å². The Morgan fingerprint density at radius 1 is 1.03 bits per heavy atom. The van der Waals surface area contributed by atoms with Crippen LogP contribution in [0.5, 0.6) is 0 Å². The molecule has 2 aromatic carbocycles. The van der Waals surface area contributed by atoms with E-state index in [-0.39, 0.29) is 24.1 Å². The summed E-state index contributed by atoms with van der Waals surface area (Å²) in [4.78, 5) is 15.1. The zero-order valence-corrected chi connectivity index (χ0v) is 19.2. The molecule has 33 heavy (non-hydrogen) atoms. The molecule has 176 valence electrons. The van der Waals surface area contributed by atoms with Crippen molar-refractivity contribution in [1.29, 1.82) is 0 Å². The van der Waals surface area contributed by atoms with E-state index in [1.807, 2.05) is 17.0 Å². The first-order valence-electron chi connectivity index (χ1n) is 12.0. The lowest BCUT2D eigenvalue weighted by atomic mass is 9.78. The highest BCUT2D eigenvalue weighted by Gasteiger charge is 2.48. The summed E-state index contributed by atoms with van der Waals surface area (Å²) in [6.07, 6.45) is 3.33. The second-order valence-electron chi connectivity index (χ2n) is 9.64. The van der Waals surface area contributed by atoms with Gasteiger partial charge >= 0.3 is 6.09 Å². The molecule has 5 rings (SSSR count). The molecule has 2 atom stereocenters. The number of fused-ring (bicyclic) bond motifs is 5. The molecule has 2 fully saturated rings. The van der Waals surface area contributed by atoms with Crippen molar-refractivity contribution in [3.05, 3.63) is 59.7 Å². The van der Waals surface area contributed by atoms with Crippen LogP contribution in [0.4, 0.5) is 4.79 Å². The molecule has 6 nitrogen and oxygen atoms in total. The molecule has 1 aliphatic carbocycles. The maximum Gasteiger partial charge on any atom is 0.410 e. The lowest BCUT2D eigenvalue weighted by Gasteiger charge is -2.51. The molecule has 2 aromatic rings. The first kappa shape index (κ1) is 22.4. The van der Waals surface area contributed by atoms with Gasteiger partial charge in [0.05, 0.1) is 30.9 Å². The summed E-state index contributed by atoms with van der Waals surface area (Å²) in [6.45, 7) is 1.91. The van der Waals surface area contributed by atoms with Gasteiger partial charge in [0.2, 0.25) is 0 Å². The van der Waals surface area contributed by atoms with Gasteiger partial charge in [-0.1, -0.05) is 48.5 Å². The van der Waals surface area contributed by atoms with Crippen LogP contribution >= 0.6 is 0 Å². The van der Waals surface area contributed by atoms with E-state index in [2.05, 4.69) is 36.4 Å². The van der Waals surface area contributed by atoms with Crippen LogP contribution < -0.4 is 0 Å². The van der Waals surface area contributed by atoms with Gasteiger partial charge in [-0.15, -0.1) is 0 Å². The van der Waals surface area contributed by atoms with E-state index in [4.69, 9.17) is 14.2 Å². The minimum Gasteiger partial charge on any atom is -0.448 e. The minimum absolute atomic E-state index is 0.0416. The second kappa shape index (κ2) is 9.45. The quantitative estimate of drug-likeness (QED) is 0.634. The Kier molecular flexibility index (Phi) is 6.41. The minimum atomic E-state index is -0.757. The number of piperidine rings is 1. The topological polar surface area (TPSA) is 68.2 Å². The summed E-state index contributed by atoms with van der Waals surface area (Å²) in [5.41, 5.74) is 4.09. The summed E-state index contributed by atoms with van der Waals surface area (Å²) in [5.74, 6) is 0.0416. The average Bonchev–Trinajstić information content (AvgIpc) is 3.14. The smallest absolute Gasteiger partial charge is 0.410 e. The number of nitrogens with zero attached hydrogens (tertiary/aromatic N) is 1. The van der Waals surface area contributed by atoms with E-state index >= 15 is 0 Å². The third-order valence-electron chi connectivity index (χ3n) is 7.43. The Bertz CT molecular complexity index is 932. The van der Waals surface area contributed by atoms with E-state index in [1.165, 1.54) is 22.3 Å². The lowest BCUT2D eigenvalue weighted by Crippen LogP contribution is -2.63. The van der Waals surface area contributed by atoms with Gasteiger partial charge in [0.1, 0.15) is 6.61 Å². The molecule has 2 heterocycles. The van der Waals surface area contributed by atoms with Gasteiger partial charge in [-0.2, -0.15) is 0 Å². The Morgan fingerprint density at radius 2 is 1.64 bits per heavy atom. The van der Waals surface area contributed by atoms with E-state index < -0.39 is 5.60 Å². The fraction of sp³-hybridized carbons (Fsp3) is 0.519. The molecule has 2 aliphatic heterocycles. The lowest BCUT2D eigenvalue weighted by molar-refractivity contribution is -0.135. The average molecular weight is 452 g/mol. The van der Waals surface area contributed by atoms with Crippen LogP contribution in [-0.2, 0) is 14.2 Å². The molecule has 3 aliphatic rings. The monoisotopic (exact) mass is 451 g/mol. The van der Waals surface area contributed by atoms with Crippen LogP contribution in [0.25, 0.3) is 11.1 Å². The summed E-state index contributed by atoms with van der Waals surface area (Å²) < 4.78 is 16.8. The van der Waals surface area contributed by atoms with E-state index in [0.29, 0.717) is 39.3 Å². The normalized spacial score (nSPS) is 26.1. The number of amides is 1. The number of morpholine rings is 1. The highest BCUT2D eigenvalue weighted by Crippen LogP contribution is 2.45. The Morgan fingerprint density at radius 3 is 2.24 bits per heavy atom. The molecule has 1 N–H and O–H groups in total. The molecule has 0 spiro atoms. The third kappa shape index (κ3) is 4.39. The summed E-state index contributed by atoms with van der Waals surface area (Å²) in [5, 5.41) is 11.2. The molecule has 2 saturated heterocycles. The Hall–Kier alpha value is -2.41. The number of hydrogen-bond acceptors (Lipinski definition) is 5. The van der Waals surface area contributed by atoms with Crippen molar-refractivity contribution in [2.75, 3.05) is 33.5 Å². The summed E-state index contributed by atoms with van der Waals surface area (Å²) >= 11 is 0. The van der Waals surface area contributed by atoms with Gasteiger partial charge < -0.3 is 19.3 Å². The second-order valence-corrected chi connectivity index (χ2v) is 9.64. The SMILES string of the molecule is COCCCCC1(O)CC2COCC(C1)N2C(=O)OCC1c2ccccc2-c2ccccc21. The number of aliphatic hydroxyl groups is 1. The summed E-state index contributed by atoms with van der Waals surface area (Å²) in [7, 11) is 1.70. The number of carbonyl (C=O) groups excluding carboxylic acids is 1. The van der Waals surface area contributed by atoms with E-state index in [0.717, 1.165) is 19.3 Å². The zero-order valence-electron chi connectivity index (χ0n) is 19.2. The van der Waals surface area contributed by atoms with E-state index in [1.54, 1.807) is 7.11 Å². The van der Waals surface area contributed by atoms with Gasteiger partial charge in [0.15, 0.2) is 0 Å². The number of hydrogen-bond donors (Lipinski definition) is 1. The molecule has 0 saturated carbocycles. The Balaban J connectivity index is 1.26. The largest absolute Gasteiger partial charge is 0.448 e. The maximum atomic E-state index is 13.3. The molecule has 1 amide bonds. The van der Waals surface area contributed by atoms with Gasteiger partial charge in [0.25, 0.3) is 0 Å². The van der Waals surface area contributed by atoms with Crippen LogP contribution in [0.3, 0.4) is 0 Å². The van der Waals surface area contributed by atoms with Crippen LogP contribution in [0.1, 0.15) is 49.1 Å². The van der Waals surface area contributed by atoms with Crippen LogP contribution in [0.2, 0.25) is 0 Å². The summed E-state index contributed by atoms with van der Waals surface area (Å²) in [6, 6.07) is 16.4. The van der Waals surface area contributed by atoms with Gasteiger partial charge in [-0.05, 0) is 54.4 Å². The molecule has 2 bridgehead atoms. The number of benzene rings is 2. The molecule has 6 heteroatoms. The van der Waals surface area contributed by atoms with Crippen molar-refractivity contribution in [2.45, 2.75) is 55.7 Å². The number of ether oxygens (including phenoxy) is 3. The van der Waals surface area contributed by atoms with Crippen molar-refractivity contribution in [3.8, 4) is 11.1 Å². The number of unbranched alkanes of at least 4 members (excludes halogenated alkanes) is 1. The first-order valence-corrected chi connectivity index (χ1v) is 12.0. The number of carbonyl (C=O) groups is 1. The maximum absolute atomic E-state index is 13.3. The Labute approximate surface area is 195 Å². The van der Waals surface area contributed by atoms with Crippen molar-refractivity contribution < 1.29 is 24.1 Å². The van der Waals surface area contributed by atoms with Crippen molar-refractivity contribution in [2.24, 2.45) is 0 Å². The third-order valence-corrected chi connectivity index (χ3v) is 7.43. The fourth-order valence-electron chi connectivity index (χ4n) is 5.95. The van der Waals surface area contributed by atoms with Gasteiger partial charge in [0, 0.05) is 19.6 Å².